The Labute approximate surface area is 191 Å². The van der Waals surface area contributed by atoms with E-state index in [1.165, 1.54) is 12.1 Å². The Morgan fingerprint density at radius 1 is 0.933 bits per heavy atom. The Morgan fingerprint density at radius 2 is 1.50 bits per heavy atom. The van der Waals surface area contributed by atoms with E-state index in [2.05, 4.69) is 27.9 Å². The topological polar surface area (TPSA) is 66.5 Å². The molecule has 3 aromatic carbocycles. The molecule has 0 saturated heterocycles. The van der Waals surface area contributed by atoms with Gasteiger partial charge in [0.2, 0.25) is 5.91 Å². The van der Waals surface area contributed by atoms with Crippen molar-refractivity contribution in [2.24, 2.45) is 0 Å². The molecule has 5 nitrogen and oxygen atoms in total. The first-order valence-corrected chi connectivity index (χ1v) is 11.9. The maximum absolute atomic E-state index is 13.3. The Morgan fingerprint density at radius 3 is 2.07 bits per heavy atom. The van der Waals surface area contributed by atoms with Crippen molar-refractivity contribution in [1.29, 1.82) is 0 Å². The lowest BCUT2D eigenvalue weighted by molar-refractivity contribution is -0.114. The number of nitrogens with one attached hydrogen (secondary N) is 1. The predicted octanol–water partition coefficient (Wildman–Crippen LogP) is 5.05. The van der Waals surface area contributed by atoms with Crippen LogP contribution in [0, 0.1) is 24.3 Å². The number of aryl methyl sites for hydroxylation is 3. The summed E-state index contributed by atoms with van der Waals surface area (Å²) in [5.41, 5.74) is 4.13. The Bertz CT molecular complexity index is 1140. The normalized spacial score (nSPS) is 11.2. The molecule has 1 N–H and O–H groups in total. The molecule has 0 heterocycles. The molecule has 3 aromatic rings. The Kier molecular flexibility index (Phi) is 6.82. The second-order valence-corrected chi connectivity index (χ2v) is 10.2. The van der Waals surface area contributed by atoms with Crippen LogP contribution >= 0.6 is 22.6 Å². The van der Waals surface area contributed by atoms with E-state index in [4.69, 9.17) is 0 Å². The molecule has 156 valence electrons. The van der Waals surface area contributed by atoms with Gasteiger partial charge in [0.25, 0.3) is 10.0 Å². The van der Waals surface area contributed by atoms with Gasteiger partial charge < -0.3 is 5.32 Å². The fourth-order valence-corrected chi connectivity index (χ4v) is 5.13. The van der Waals surface area contributed by atoms with Crippen molar-refractivity contribution >= 4 is 49.9 Å². The number of rotatable bonds is 6. The Balaban J connectivity index is 1.95. The summed E-state index contributed by atoms with van der Waals surface area (Å²) in [5, 5.41) is 2.89. The summed E-state index contributed by atoms with van der Waals surface area (Å²) in [5.74, 6) is -0.400. The van der Waals surface area contributed by atoms with Crippen LogP contribution in [0.2, 0.25) is 0 Å². The number of benzene rings is 3. The minimum absolute atomic E-state index is 0.138. The number of amides is 1. The standard InChI is InChI=1S/C23H23IN2O3S/c1-16-13-17(2)23(18(3)14-16)25-22(27)15-26(20-11-9-19(24)10-12-20)30(28,29)21-7-5-4-6-8-21/h4-14H,15H2,1-3H3,(H,25,27). The molecule has 0 unspecified atom stereocenters. The molecule has 0 atom stereocenters. The monoisotopic (exact) mass is 534 g/mol. The molecule has 0 saturated carbocycles. The molecule has 1 amide bonds. The maximum atomic E-state index is 13.3. The van der Waals surface area contributed by atoms with Crippen LogP contribution in [0.3, 0.4) is 0 Å². The van der Waals surface area contributed by atoms with E-state index in [1.54, 1.807) is 30.3 Å². The third kappa shape index (κ3) is 5.02. The molecule has 0 aromatic heterocycles. The number of carbonyl (C=O) groups excluding carboxylic acids is 1. The van der Waals surface area contributed by atoms with Crippen LogP contribution in [0.1, 0.15) is 16.7 Å². The average Bonchev–Trinajstić information content (AvgIpc) is 2.70. The van der Waals surface area contributed by atoms with Crippen LogP contribution in [-0.2, 0) is 14.8 Å². The third-order valence-corrected chi connectivity index (χ3v) is 7.18. The van der Waals surface area contributed by atoms with Gasteiger partial charge in [-0.3, -0.25) is 9.10 Å². The molecule has 0 spiro atoms. The highest BCUT2D eigenvalue weighted by Gasteiger charge is 2.27. The largest absolute Gasteiger partial charge is 0.324 e. The highest BCUT2D eigenvalue weighted by molar-refractivity contribution is 14.1. The van der Waals surface area contributed by atoms with Gasteiger partial charge >= 0.3 is 0 Å². The second-order valence-electron chi connectivity index (χ2n) is 7.12. The maximum Gasteiger partial charge on any atom is 0.264 e. The smallest absolute Gasteiger partial charge is 0.264 e. The lowest BCUT2D eigenvalue weighted by Gasteiger charge is -2.24. The zero-order valence-corrected chi connectivity index (χ0v) is 20.0. The van der Waals surface area contributed by atoms with E-state index in [0.717, 1.165) is 24.6 Å². The molecule has 0 aliphatic rings. The number of sulfonamides is 1. The summed E-state index contributed by atoms with van der Waals surface area (Å²) < 4.78 is 28.8. The van der Waals surface area contributed by atoms with E-state index in [0.29, 0.717) is 11.4 Å². The zero-order valence-electron chi connectivity index (χ0n) is 17.0. The summed E-state index contributed by atoms with van der Waals surface area (Å²) in [6, 6.07) is 19.2. The van der Waals surface area contributed by atoms with E-state index in [-0.39, 0.29) is 11.4 Å². The highest BCUT2D eigenvalue weighted by atomic mass is 127. The van der Waals surface area contributed by atoms with Crippen molar-refractivity contribution in [3.63, 3.8) is 0 Å². The van der Waals surface area contributed by atoms with Crippen molar-refractivity contribution in [3.05, 3.63) is 87.0 Å². The van der Waals surface area contributed by atoms with Gasteiger partial charge in [0.15, 0.2) is 0 Å². The van der Waals surface area contributed by atoms with Crippen LogP contribution < -0.4 is 9.62 Å². The molecule has 7 heteroatoms. The van der Waals surface area contributed by atoms with Crippen LogP contribution in [0.15, 0.2) is 71.6 Å². The zero-order chi connectivity index (χ0) is 21.9. The van der Waals surface area contributed by atoms with E-state index < -0.39 is 15.9 Å². The fraction of sp³-hybridized carbons (Fsp3) is 0.174. The van der Waals surface area contributed by atoms with Gasteiger partial charge in [-0.25, -0.2) is 8.42 Å². The van der Waals surface area contributed by atoms with Crippen molar-refractivity contribution in [1.82, 2.24) is 0 Å². The number of hydrogen-bond donors (Lipinski definition) is 1. The summed E-state index contributed by atoms with van der Waals surface area (Å²) in [6.45, 7) is 5.52. The first-order chi connectivity index (χ1) is 14.2. The molecule has 30 heavy (non-hydrogen) atoms. The summed E-state index contributed by atoms with van der Waals surface area (Å²) in [7, 11) is -3.91. The molecule has 0 aliphatic carbocycles. The molecule has 0 radical (unpaired) electrons. The SMILES string of the molecule is Cc1cc(C)c(NC(=O)CN(c2ccc(I)cc2)S(=O)(=O)c2ccccc2)c(C)c1. The van der Waals surface area contributed by atoms with Gasteiger partial charge in [-0.1, -0.05) is 35.9 Å². The van der Waals surface area contributed by atoms with Crippen LogP contribution in [0.25, 0.3) is 0 Å². The number of nitrogens with zero attached hydrogens (tertiary/aromatic N) is 1. The first-order valence-electron chi connectivity index (χ1n) is 9.39. The van der Waals surface area contributed by atoms with Crippen molar-refractivity contribution < 1.29 is 13.2 Å². The highest BCUT2D eigenvalue weighted by Crippen LogP contribution is 2.26. The fourth-order valence-electron chi connectivity index (χ4n) is 3.33. The van der Waals surface area contributed by atoms with Gasteiger partial charge in [-0.15, -0.1) is 0 Å². The minimum atomic E-state index is -3.91. The van der Waals surface area contributed by atoms with Crippen molar-refractivity contribution in [2.45, 2.75) is 25.7 Å². The number of carbonyl (C=O) groups is 1. The van der Waals surface area contributed by atoms with Crippen LogP contribution in [-0.4, -0.2) is 20.9 Å². The lowest BCUT2D eigenvalue weighted by Crippen LogP contribution is -2.38. The van der Waals surface area contributed by atoms with Gasteiger partial charge in [-0.05, 0) is 90.9 Å². The minimum Gasteiger partial charge on any atom is -0.324 e. The third-order valence-electron chi connectivity index (χ3n) is 4.67. The van der Waals surface area contributed by atoms with Gasteiger partial charge in [0.05, 0.1) is 10.6 Å². The van der Waals surface area contributed by atoms with Gasteiger partial charge in [0.1, 0.15) is 6.54 Å². The van der Waals surface area contributed by atoms with E-state index >= 15 is 0 Å². The molecule has 0 bridgehead atoms. The van der Waals surface area contributed by atoms with Gasteiger partial charge in [-0.2, -0.15) is 0 Å². The lowest BCUT2D eigenvalue weighted by atomic mass is 10.1. The number of halogens is 1. The number of anilines is 2. The summed E-state index contributed by atoms with van der Waals surface area (Å²) >= 11 is 2.16. The predicted molar refractivity (Wildman–Crippen MR) is 129 cm³/mol. The molecule has 0 aliphatic heterocycles. The van der Waals surface area contributed by atoms with Crippen molar-refractivity contribution in [3.8, 4) is 0 Å². The van der Waals surface area contributed by atoms with Crippen LogP contribution in [0.4, 0.5) is 11.4 Å². The van der Waals surface area contributed by atoms with E-state index in [1.807, 2.05) is 45.0 Å². The molecule has 3 rings (SSSR count). The van der Waals surface area contributed by atoms with E-state index in [9.17, 15) is 13.2 Å². The quantitative estimate of drug-likeness (QED) is 0.451. The van der Waals surface area contributed by atoms with Crippen LogP contribution in [0.5, 0.6) is 0 Å². The summed E-state index contributed by atoms with van der Waals surface area (Å²) in [4.78, 5) is 13.0. The second kappa shape index (κ2) is 9.18. The first kappa shape index (κ1) is 22.3. The van der Waals surface area contributed by atoms with Gasteiger partial charge in [0, 0.05) is 9.26 Å². The van der Waals surface area contributed by atoms with Crippen molar-refractivity contribution in [2.75, 3.05) is 16.2 Å². The molecule has 0 fully saturated rings. The summed E-state index contributed by atoms with van der Waals surface area (Å²) in [6.07, 6.45) is 0. The average molecular weight is 534 g/mol. The molecular formula is C23H23IN2O3S. The Hall–Kier alpha value is -2.39. The number of hydrogen-bond acceptors (Lipinski definition) is 3. The molecular weight excluding hydrogens is 511 g/mol.